The van der Waals surface area contributed by atoms with E-state index in [1.165, 1.54) is 19.3 Å². The van der Waals surface area contributed by atoms with Gasteiger partial charge in [-0.2, -0.15) is 0 Å². The smallest absolute Gasteiger partial charge is 0.223 e. The van der Waals surface area contributed by atoms with E-state index in [1.54, 1.807) is 0 Å². The van der Waals surface area contributed by atoms with Gasteiger partial charge in [-0.05, 0) is 49.4 Å². The van der Waals surface area contributed by atoms with Gasteiger partial charge in [-0.25, -0.2) is 0 Å². The Bertz CT molecular complexity index is 389. The SMILES string of the molecule is CC1(C)C(O)CC1NC(=O)C1C2C3CCC(C3)C12. The molecule has 0 saturated heterocycles. The molecule has 100 valence electrons. The van der Waals surface area contributed by atoms with Crippen LogP contribution in [-0.2, 0) is 4.79 Å². The van der Waals surface area contributed by atoms with E-state index < -0.39 is 0 Å². The third-order valence-electron chi connectivity index (χ3n) is 6.57. The van der Waals surface area contributed by atoms with E-state index in [0.717, 1.165) is 30.1 Å². The summed E-state index contributed by atoms with van der Waals surface area (Å²) in [6.45, 7) is 4.09. The summed E-state index contributed by atoms with van der Waals surface area (Å²) in [7, 11) is 0. The lowest BCUT2D eigenvalue weighted by Gasteiger charge is -2.49. The number of nitrogens with one attached hydrogen (secondary N) is 1. The van der Waals surface area contributed by atoms with Gasteiger partial charge in [0.1, 0.15) is 0 Å². The lowest BCUT2D eigenvalue weighted by molar-refractivity contribution is -0.131. The van der Waals surface area contributed by atoms with Crippen molar-refractivity contribution in [1.82, 2.24) is 5.32 Å². The van der Waals surface area contributed by atoms with Gasteiger partial charge in [-0.15, -0.1) is 0 Å². The van der Waals surface area contributed by atoms with Gasteiger partial charge >= 0.3 is 0 Å². The molecule has 0 aromatic rings. The fourth-order valence-electron chi connectivity index (χ4n) is 5.09. The predicted molar refractivity (Wildman–Crippen MR) is 67.6 cm³/mol. The second-order valence-electron chi connectivity index (χ2n) is 7.65. The summed E-state index contributed by atoms with van der Waals surface area (Å²) in [4.78, 5) is 12.3. The highest BCUT2D eigenvalue weighted by Crippen LogP contribution is 2.69. The Balaban J connectivity index is 1.39. The monoisotopic (exact) mass is 249 g/mol. The molecule has 0 spiro atoms. The average Bonchev–Trinajstić information content (AvgIpc) is 2.78. The lowest BCUT2D eigenvalue weighted by atomic mass is 9.64. The van der Waals surface area contributed by atoms with Crippen molar-refractivity contribution in [3.63, 3.8) is 0 Å². The number of hydrogen-bond donors (Lipinski definition) is 2. The third-order valence-corrected chi connectivity index (χ3v) is 6.57. The number of hydrogen-bond acceptors (Lipinski definition) is 2. The van der Waals surface area contributed by atoms with E-state index in [2.05, 4.69) is 5.32 Å². The van der Waals surface area contributed by atoms with Gasteiger partial charge in [-0.1, -0.05) is 13.8 Å². The molecule has 6 unspecified atom stereocenters. The van der Waals surface area contributed by atoms with Gasteiger partial charge in [0.15, 0.2) is 0 Å². The lowest BCUT2D eigenvalue weighted by Crippen LogP contribution is -2.61. The molecule has 0 aromatic carbocycles. The molecule has 4 aliphatic rings. The number of rotatable bonds is 2. The van der Waals surface area contributed by atoms with Crippen molar-refractivity contribution in [2.75, 3.05) is 0 Å². The van der Waals surface area contributed by atoms with Crippen LogP contribution in [0.1, 0.15) is 39.5 Å². The van der Waals surface area contributed by atoms with Crippen molar-refractivity contribution >= 4 is 5.91 Å². The molecule has 4 aliphatic carbocycles. The maximum atomic E-state index is 12.3. The molecule has 0 aliphatic heterocycles. The quantitative estimate of drug-likeness (QED) is 0.780. The molecule has 0 aromatic heterocycles. The number of carbonyl (C=O) groups excluding carboxylic acids is 1. The van der Waals surface area contributed by atoms with Crippen LogP contribution < -0.4 is 5.32 Å². The van der Waals surface area contributed by atoms with Crippen LogP contribution >= 0.6 is 0 Å². The van der Waals surface area contributed by atoms with Gasteiger partial charge in [0, 0.05) is 17.4 Å². The first-order chi connectivity index (χ1) is 8.50. The minimum absolute atomic E-state index is 0.140. The largest absolute Gasteiger partial charge is 0.392 e. The highest BCUT2D eigenvalue weighted by Gasteiger charge is 2.67. The number of carbonyl (C=O) groups is 1. The number of aliphatic hydroxyl groups is 1. The van der Waals surface area contributed by atoms with Gasteiger partial charge in [0.2, 0.25) is 5.91 Å². The molecule has 6 atom stereocenters. The average molecular weight is 249 g/mol. The Hall–Kier alpha value is -0.570. The Labute approximate surface area is 108 Å². The second-order valence-corrected chi connectivity index (χ2v) is 7.65. The standard InChI is InChI=1S/C15H23NO2/c1-15(2)9(6-10(15)17)16-14(18)13-11-7-3-4-8(5-7)12(11)13/h7-13,17H,3-6H2,1-2H3,(H,16,18). The summed E-state index contributed by atoms with van der Waals surface area (Å²) < 4.78 is 0. The number of amides is 1. The van der Waals surface area contributed by atoms with Crippen molar-refractivity contribution in [3.8, 4) is 0 Å². The topological polar surface area (TPSA) is 49.3 Å². The van der Waals surface area contributed by atoms with E-state index in [9.17, 15) is 9.90 Å². The Morgan fingerprint density at radius 3 is 2.28 bits per heavy atom. The highest BCUT2D eigenvalue weighted by molar-refractivity contribution is 5.83. The molecule has 4 rings (SSSR count). The first-order valence-electron chi connectivity index (χ1n) is 7.48. The molecule has 2 bridgehead atoms. The van der Waals surface area contributed by atoms with Crippen LogP contribution in [0.25, 0.3) is 0 Å². The van der Waals surface area contributed by atoms with Gasteiger partial charge in [-0.3, -0.25) is 4.79 Å². The van der Waals surface area contributed by atoms with Crippen molar-refractivity contribution in [3.05, 3.63) is 0 Å². The normalized spacial score (nSPS) is 54.7. The molecular weight excluding hydrogens is 226 g/mol. The van der Waals surface area contributed by atoms with E-state index in [4.69, 9.17) is 0 Å². The van der Waals surface area contributed by atoms with Crippen molar-refractivity contribution < 1.29 is 9.90 Å². The van der Waals surface area contributed by atoms with Gasteiger partial charge in [0.25, 0.3) is 0 Å². The third kappa shape index (κ3) is 1.26. The Morgan fingerprint density at radius 1 is 1.17 bits per heavy atom. The fourth-order valence-corrected chi connectivity index (χ4v) is 5.09. The Morgan fingerprint density at radius 2 is 1.78 bits per heavy atom. The first kappa shape index (κ1) is 11.3. The molecule has 0 radical (unpaired) electrons. The Kier molecular flexibility index (Phi) is 2.07. The van der Waals surface area contributed by atoms with Crippen molar-refractivity contribution in [2.24, 2.45) is 35.0 Å². The first-order valence-corrected chi connectivity index (χ1v) is 7.48. The molecule has 3 heteroatoms. The zero-order valence-electron chi connectivity index (χ0n) is 11.2. The summed E-state index contributed by atoms with van der Waals surface area (Å²) in [5.74, 6) is 3.76. The van der Waals surface area contributed by atoms with Crippen LogP contribution in [0.4, 0.5) is 0 Å². The minimum atomic E-state index is -0.252. The zero-order valence-corrected chi connectivity index (χ0v) is 11.2. The van der Waals surface area contributed by atoms with Crippen LogP contribution in [0.2, 0.25) is 0 Å². The predicted octanol–water partition coefficient (Wildman–Crippen LogP) is 1.55. The van der Waals surface area contributed by atoms with E-state index in [-0.39, 0.29) is 23.5 Å². The summed E-state index contributed by atoms with van der Waals surface area (Å²) >= 11 is 0. The summed E-state index contributed by atoms with van der Waals surface area (Å²) in [6, 6.07) is 0.180. The molecule has 0 heterocycles. The molecule has 1 amide bonds. The van der Waals surface area contributed by atoms with Crippen LogP contribution in [0.5, 0.6) is 0 Å². The van der Waals surface area contributed by atoms with Crippen molar-refractivity contribution in [2.45, 2.75) is 51.7 Å². The molecule has 4 fully saturated rings. The fraction of sp³-hybridized carbons (Fsp3) is 0.933. The zero-order chi connectivity index (χ0) is 12.7. The van der Waals surface area contributed by atoms with Gasteiger partial charge < -0.3 is 10.4 Å². The van der Waals surface area contributed by atoms with E-state index in [0.29, 0.717) is 5.92 Å². The second kappa shape index (κ2) is 3.30. The van der Waals surface area contributed by atoms with E-state index >= 15 is 0 Å². The molecule has 3 nitrogen and oxygen atoms in total. The molecule has 18 heavy (non-hydrogen) atoms. The van der Waals surface area contributed by atoms with Crippen molar-refractivity contribution in [1.29, 1.82) is 0 Å². The number of fused-ring (bicyclic) bond motifs is 5. The van der Waals surface area contributed by atoms with Crippen LogP contribution in [0.3, 0.4) is 0 Å². The molecule has 4 saturated carbocycles. The molecular formula is C15H23NO2. The maximum Gasteiger partial charge on any atom is 0.223 e. The number of aliphatic hydroxyl groups excluding tert-OH is 1. The summed E-state index contributed by atoms with van der Waals surface area (Å²) in [5.41, 5.74) is -0.140. The summed E-state index contributed by atoms with van der Waals surface area (Å²) in [5, 5.41) is 12.9. The van der Waals surface area contributed by atoms with Crippen LogP contribution in [0.15, 0.2) is 0 Å². The highest BCUT2D eigenvalue weighted by atomic mass is 16.3. The summed E-state index contributed by atoms with van der Waals surface area (Å²) in [6.07, 6.45) is 4.60. The minimum Gasteiger partial charge on any atom is -0.392 e. The van der Waals surface area contributed by atoms with Crippen LogP contribution in [-0.4, -0.2) is 23.2 Å². The van der Waals surface area contributed by atoms with Crippen LogP contribution in [0, 0.1) is 35.0 Å². The maximum absolute atomic E-state index is 12.3. The molecule has 2 N–H and O–H groups in total. The van der Waals surface area contributed by atoms with E-state index in [1.807, 2.05) is 13.8 Å². The van der Waals surface area contributed by atoms with Gasteiger partial charge in [0.05, 0.1) is 6.10 Å².